The molecule has 0 saturated carbocycles. The number of nitrogens with zero attached hydrogens (tertiary/aromatic N) is 2. The summed E-state index contributed by atoms with van der Waals surface area (Å²) < 4.78 is 26.3. The van der Waals surface area contributed by atoms with E-state index in [0.717, 1.165) is 4.70 Å². The molecule has 3 aromatic rings. The Balaban J connectivity index is 1.91. The predicted octanol–water partition coefficient (Wildman–Crippen LogP) is 4.04. The van der Waals surface area contributed by atoms with Gasteiger partial charge < -0.3 is 0 Å². The molecular weight excluding hydrogens is 433 g/mol. The fraction of sp³-hybridized carbons (Fsp3) is 0.125. The second kappa shape index (κ2) is 7.70. The molecule has 1 aromatic heterocycles. The Kier molecular flexibility index (Phi) is 5.71. The van der Waals surface area contributed by atoms with E-state index in [1.807, 2.05) is 0 Å². The maximum absolute atomic E-state index is 12.5. The number of hydrogen-bond donors (Lipinski definition) is 1. The smallest absolute Gasteiger partial charge is 0.266 e. The molecule has 0 fully saturated rings. The molecule has 0 aliphatic heterocycles. The van der Waals surface area contributed by atoms with Gasteiger partial charge in [0.25, 0.3) is 15.9 Å². The molecule has 7 nitrogen and oxygen atoms in total. The van der Waals surface area contributed by atoms with E-state index in [1.54, 1.807) is 18.2 Å². The normalized spacial score (nSPS) is 11.9. The number of hydrogen-bond acceptors (Lipinski definition) is 6. The van der Waals surface area contributed by atoms with Crippen molar-refractivity contribution in [2.24, 2.45) is 0 Å². The van der Waals surface area contributed by atoms with Crippen LogP contribution < -0.4 is 5.32 Å². The Labute approximate surface area is 169 Å². The summed E-state index contributed by atoms with van der Waals surface area (Å²) in [5.41, 5.74) is 0.806. The van der Waals surface area contributed by atoms with Gasteiger partial charge >= 0.3 is 0 Å². The van der Waals surface area contributed by atoms with Crippen LogP contribution in [-0.4, -0.2) is 37.9 Å². The van der Waals surface area contributed by atoms with Gasteiger partial charge in [-0.05, 0) is 36.4 Å². The van der Waals surface area contributed by atoms with Crippen LogP contribution in [-0.2, 0) is 14.9 Å². The second-order valence-corrected chi connectivity index (χ2v) is 9.11. The van der Waals surface area contributed by atoms with Crippen molar-refractivity contribution >= 4 is 65.8 Å². The first-order chi connectivity index (χ1) is 12.7. The Bertz CT molecular complexity index is 1130. The molecule has 11 heteroatoms. The van der Waals surface area contributed by atoms with Gasteiger partial charge in [-0.2, -0.15) is 0 Å². The second-order valence-electron chi connectivity index (χ2n) is 5.33. The fourth-order valence-corrected chi connectivity index (χ4v) is 4.81. The lowest BCUT2D eigenvalue weighted by molar-refractivity contribution is -0.0258. The summed E-state index contributed by atoms with van der Waals surface area (Å²) in [7, 11) is -1.57. The minimum absolute atomic E-state index is 0.0231. The molecule has 1 heterocycles. The highest BCUT2D eigenvalue weighted by molar-refractivity contribution is 7.89. The zero-order valence-corrected chi connectivity index (χ0v) is 17.2. The lowest BCUT2D eigenvalue weighted by Gasteiger charge is -2.15. The maximum atomic E-state index is 12.5. The maximum Gasteiger partial charge on any atom is 0.266 e. The third-order valence-electron chi connectivity index (χ3n) is 3.64. The van der Waals surface area contributed by atoms with Gasteiger partial charge in [0.05, 0.1) is 22.3 Å². The first-order valence-corrected chi connectivity index (χ1v) is 10.4. The Hall–Kier alpha value is -1.75. The molecule has 142 valence electrons. The third kappa shape index (κ3) is 4.08. The number of thiazole rings is 1. The number of sulfonamides is 1. The Morgan fingerprint density at radius 2 is 1.96 bits per heavy atom. The molecule has 1 N–H and O–H groups in total. The SMILES string of the molecule is CON(C)S(=O)(=O)c1cc(C(=O)Nc2nc3ccc(Cl)cc3s2)ccc1Cl. The molecule has 0 aliphatic rings. The lowest BCUT2D eigenvalue weighted by atomic mass is 10.2. The average molecular weight is 446 g/mol. The molecule has 2 aromatic carbocycles. The molecule has 0 aliphatic carbocycles. The van der Waals surface area contributed by atoms with Crippen LogP contribution in [0, 0.1) is 0 Å². The van der Waals surface area contributed by atoms with Gasteiger partial charge in [0.2, 0.25) is 0 Å². The van der Waals surface area contributed by atoms with E-state index < -0.39 is 15.9 Å². The van der Waals surface area contributed by atoms with Crippen LogP contribution in [0.2, 0.25) is 10.0 Å². The number of halogens is 2. The lowest BCUT2D eigenvalue weighted by Crippen LogP contribution is -2.26. The van der Waals surface area contributed by atoms with Gasteiger partial charge in [0.1, 0.15) is 4.90 Å². The molecule has 3 rings (SSSR count). The van der Waals surface area contributed by atoms with E-state index in [2.05, 4.69) is 10.3 Å². The summed E-state index contributed by atoms with van der Waals surface area (Å²) in [6, 6.07) is 9.15. The molecule has 0 atom stereocenters. The highest BCUT2D eigenvalue weighted by atomic mass is 35.5. The Morgan fingerprint density at radius 1 is 1.22 bits per heavy atom. The van der Waals surface area contributed by atoms with Crippen LogP contribution in [0.25, 0.3) is 10.2 Å². The number of benzene rings is 2. The summed E-state index contributed by atoms with van der Waals surface area (Å²) in [6.45, 7) is 0. The minimum atomic E-state index is -4.00. The van der Waals surface area contributed by atoms with E-state index in [1.165, 1.54) is 43.7 Å². The molecule has 0 saturated heterocycles. The predicted molar refractivity (Wildman–Crippen MR) is 106 cm³/mol. The van der Waals surface area contributed by atoms with Crippen molar-refractivity contribution in [2.45, 2.75) is 4.90 Å². The van der Waals surface area contributed by atoms with Crippen molar-refractivity contribution < 1.29 is 18.0 Å². The summed E-state index contributed by atoms with van der Waals surface area (Å²) in [5, 5.41) is 3.56. The number of anilines is 1. The quantitative estimate of drug-likeness (QED) is 0.598. The number of rotatable bonds is 5. The zero-order chi connectivity index (χ0) is 19.8. The van der Waals surface area contributed by atoms with Gasteiger partial charge in [-0.1, -0.05) is 39.0 Å². The van der Waals surface area contributed by atoms with Crippen LogP contribution in [0.3, 0.4) is 0 Å². The van der Waals surface area contributed by atoms with Crippen molar-refractivity contribution in [1.82, 2.24) is 9.45 Å². The van der Waals surface area contributed by atoms with Gasteiger partial charge in [-0.15, -0.1) is 0 Å². The van der Waals surface area contributed by atoms with E-state index >= 15 is 0 Å². The monoisotopic (exact) mass is 445 g/mol. The average Bonchev–Trinajstić information content (AvgIpc) is 3.02. The number of aromatic nitrogens is 1. The standard InChI is InChI=1S/C16H13Cl2N3O4S2/c1-21(25-2)27(23,24)14-7-9(3-5-11(14)18)15(22)20-16-19-12-6-4-10(17)8-13(12)26-16/h3-8H,1-2H3,(H,19,20,22). The van der Waals surface area contributed by atoms with E-state index in [-0.39, 0.29) is 15.5 Å². The molecule has 0 unspecified atom stereocenters. The summed E-state index contributed by atoms with van der Waals surface area (Å²) in [6.07, 6.45) is 0. The molecule has 0 bridgehead atoms. The van der Waals surface area contributed by atoms with Crippen molar-refractivity contribution in [3.05, 3.63) is 52.0 Å². The van der Waals surface area contributed by atoms with Crippen LogP contribution in [0.4, 0.5) is 5.13 Å². The third-order valence-corrected chi connectivity index (χ3v) is 6.97. The van der Waals surface area contributed by atoms with Gasteiger partial charge in [-0.3, -0.25) is 14.9 Å². The number of hydroxylamine groups is 1. The van der Waals surface area contributed by atoms with Gasteiger partial charge in [-0.25, -0.2) is 13.4 Å². The number of carbonyl (C=O) groups is 1. The van der Waals surface area contributed by atoms with E-state index in [9.17, 15) is 13.2 Å². The van der Waals surface area contributed by atoms with Crippen molar-refractivity contribution in [2.75, 3.05) is 19.5 Å². The highest BCUT2D eigenvalue weighted by Crippen LogP contribution is 2.29. The minimum Gasteiger partial charge on any atom is -0.298 e. The number of amides is 1. The summed E-state index contributed by atoms with van der Waals surface area (Å²) in [5.74, 6) is -0.520. The van der Waals surface area contributed by atoms with E-state index in [4.69, 9.17) is 28.0 Å². The summed E-state index contributed by atoms with van der Waals surface area (Å²) >= 11 is 13.2. The van der Waals surface area contributed by atoms with Crippen LogP contribution in [0.15, 0.2) is 41.3 Å². The van der Waals surface area contributed by atoms with Crippen LogP contribution in [0.1, 0.15) is 10.4 Å². The zero-order valence-electron chi connectivity index (χ0n) is 14.1. The molecule has 27 heavy (non-hydrogen) atoms. The first kappa shape index (κ1) is 20.0. The van der Waals surface area contributed by atoms with E-state index in [0.29, 0.717) is 20.1 Å². The number of carbonyl (C=O) groups excluding carboxylic acids is 1. The van der Waals surface area contributed by atoms with Crippen molar-refractivity contribution in [1.29, 1.82) is 0 Å². The van der Waals surface area contributed by atoms with Crippen molar-refractivity contribution in [3.8, 4) is 0 Å². The summed E-state index contributed by atoms with van der Waals surface area (Å²) in [4.78, 5) is 21.3. The molecule has 0 spiro atoms. The fourth-order valence-electron chi connectivity index (χ4n) is 2.20. The largest absolute Gasteiger partial charge is 0.298 e. The van der Waals surface area contributed by atoms with Gasteiger partial charge in [0.15, 0.2) is 5.13 Å². The molecule has 0 radical (unpaired) electrons. The van der Waals surface area contributed by atoms with Crippen LogP contribution >= 0.6 is 34.5 Å². The topological polar surface area (TPSA) is 88.6 Å². The van der Waals surface area contributed by atoms with Crippen LogP contribution in [0.5, 0.6) is 0 Å². The van der Waals surface area contributed by atoms with Gasteiger partial charge in [0, 0.05) is 17.6 Å². The Morgan fingerprint density at radius 3 is 2.67 bits per heavy atom. The highest BCUT2D eigenvalue weighted by Gasteiger charge is 2.25. The first-order valence-electron chi connectivity index (χ1n) is 7.42. The molecular formula is C16H13Cl2N3O4S2. The van der Waals surface area contributed by atoms with Crippen molar-refractivity contribution in [3.63, 3.8) is 0 Å². The number of nitrogens with one attached hydrogen (secondary N) is 1. The molecule has 1 amide bonds. The number of fused-ring (bicyclic) bond motifs is 1.